The molecule has 0 aliphatic carbocycles. The van der Waals surface area contributed by atoms with Crippen molar-refractivity contribution in [3.05, 3.63) is 107 Å². The number of carbonyl (C=O) groups is 3. The molecule has 0 aromatic heterocycles. The van der Waals surface area contributed by atoms with Crippen LogP contribution in [0.5, 0.6) is 0 Å². The third-order valence-corrected chi connectivity index (χ3v) is 5.78. The first-order chi connectivity index (χ1) is 15.9. The second-order valence-electron chi connectivity index (χ2n) is 8.13. The summed E-state index contributed by atoms with van der Waals surface area (Å²) < 4.78 is 13.5. The number of carbonyl (C=O) groups excluding carboxylic acids is 3. The highest BCUT2D eigenvalue weighted by Crippen LogP contribution is 2.33. The Morgan fingerprint density at radius 3 is 2.24 bits per heavy atom. The highest BCUT2D eigenvalue weighted by atomic mass is 19.1. The van der Waals surface area contributed by atoms with Crippen LogP contribution in [0.4, 0.5) is 9.18 Å². The van der Waals surface area contributed by atoms with Crippen LogP contribution in [0.3, 0.4) is 0 Å². The topological polar surface area (TPSA) is 69.7 Å². The molecule has 3 aromatic rings. The average molecular weight is 445 g/mol. The van der Waals surface area contributed by atoms with Crippen LogP contribution in [0, 0.1) is 5.82 Å². The molecule has 0 spiro atoms. The predicted molar refractivity (Wildman–Crippen MR) is 121 cm³/mol. The van der Waals surface area contributed by atoms with E-state index in [0.29, 0.717) is 11.1 Å². The van der Waals surface area contributed by atoms with E-state index in [1.807, 2.05) is 48.5 Å². The van der Waals surface area contributed by atoms with E-state index in [-0.39, 0.29) is 13.0 Å². The van der Waals surface area contributed by atoms with E-state index >= 15 is 0 Å². The van der Waals surface area contributed by atoms with E-state index in [4.69, 9.17) is 0 Å². The minimum atomic E-state index is -1.30. The lowest BCUT2D eigenvalue weighted by Crippen LogP contribution is -2.47. The average Bonchev–Trinajstić information content (AvgIpc) is 3.05. The number of nitrogens with zero attached hydrogens (tertiary/aromatic N) is 2. The summed E-state index contributed by atoms with van der Waals surface area (Å²) in [6.07, 6.45) is 0.256. The summed E-state index contributed by atoms with van der Waals surface area (Å²) in [6, 6.07) is 23.8. The van der Waals surface area contributed by atoms with E-state index in [9.17, 15) is 18.8 Å². The van der Waals surface area contributed by atoms with E-state index < -0.39 is 35.7 Å². The standard InChI is InChI=1S/C26H24FN3O3/c1-29(17-20-11-8-14-22(27)15-20)23(31)18-30-24(32)26(28-25(30)33,21-12-6-3-7-13-21)16-19-9-4-2-5-10-19/h2-15H,16-18H2,1H3,(H,28,33). The van der Waals surface area contributed by atoms with Crippen LogP contribution in [-0.4, -0.2) is 41.2 Å². The van der Waals surface area contributed by atoms with E-state index in [0.717, 1.165) is 10.5 Å². The summed E-state index contributed by atoms with van der Waals surface area (Å²) in [4.78, 5) is 41.7. The smallest absolute Gasteiger partial charge is 0.325 e. The van der Waals surface area contributed by atoms with E-state index in [2.05, 4.69) is 5.32 Å². The number of benzene rings is 3. The molecule has 7 heteroatoms. The van der Waals surface area contributed by atoms with Gasteiger partial charge in [-0.05, 0) is 28.8 Å². The van der Waals surface area contributed by atoms with Crippen molar-refractivity contribution in [1.82, 2.24) is 15.1 Å². The van der Waals surface area contributed by atoms with Crippen molar-refractivity contribution >= 4 is 17.8 Å². The lowest BCUT2D eigenvalue weighted by atomic mass is 9.83. The van der Waals surface area contributed by atoms with Crippen LogP contribution < -0.4 is 5.32 Å². The van der Waals surface area contributed by atoms with E-state index in [1.54, 1.807) is 31.3 Å². The fourth-order valence-electron chi connectivity index (χ4n) is 4.07. The molecule has 4 amide bonds. The molecule has 1 fully saturated rings. The zero-order chi connectivity index (χ0) is 23.4. The molecule has 1 saturated heterocycles. The predicted octanol–water partition coefficient (Wildman–Crippen LogP) is 3.47. The van der Waals surface area contributed by atoms with Gasteiger partial charge in [0.15, 0.2) is 5.54 Å². The second-order valence-corrected chi connectivity index (χ2v) is 8.13. The van der Waals surface area contributed by atoms with Crippen LogP contribution in [0.1, 0.15) is 16.7 Å². The van der Waals surface area contributed by atoms with Gasteiger partial charge in [-0.25, -0.2) is 9.18 Å². The molecule has 1 aliphatic heterocycles. The first kappa shape index (κ1) is 22.2. The molecular weight excluding hydrogens is 421 g/mol. The fourth-order valence-corrected chi connectivity index (χ4v) is 4.07. The summed E-state index contributed by atoms with van der Waals surface area (Å²) >= 11 is 0. The molecule has 0 bridgehead atoms. The van der Waals surface area contributed by atoms with Crippen molar-refractivity contribution in [2.75, 3.05) is 13.6 Å². The number of amides is 4. The molecule has 3 aromatic carbocycles. The van der Waals surface area contributed by atoms with Gasteiger partial charge in [0.05, 0.1) is 0 Å². The van der Waals surface area contributed by atoms with Crippen molar-refractivity contribution in [2.24, 2.45) is 0 Å². The van der Waals surface area contributed by atoms with Crippen molar-refractivity contribution in [3.63, 3.8) is 0 Å². The molecule has 1 unspecified atom stereocenters. The maximum absolute atomic E-state index is 13.6. The number of imide groups is 1. The molecule has 1 N–H and O–H groups in total. The Hall–Kier alpha value is -4.00. The quantitative estimate of drug-likeness (QED) is 0.566. The van der Waals surface area contributed by atoms with Crippen LogP contribution >= 0.6 is 0 Å². The molecule has 1 heterocycles. The first-order valence-corrected chi connectivity index (χ1v) is 10.6. The zero-order valence-electron chi connectivity index (χ0n) is 18.2. The Balaban J connectivity index is 1.56. The molecule has 33 heavy (non-hydrogen) atoms. The third-order valence-electron chi connectivity index (χ3n) is 5.78. The molecule has 0 radical (unpaired) electrons. The van der Waals surface area contributed by atoms with Crippen LogP contribution in [0.25, 0.3) is 0 Å². The van der Waals surface area contributed by atoms with Crippen LogP contribution in [-0.2, 0) is 28.1 Å². The Labute approximate surface area is 191 Å². The van der Waals surface area contributed by atoms with Gasteiger partial charge >= 0.3 is 6.03 Å². The summed E-state index contributed by atoms with van der Waals surface area (Å²) in [5.41, 5.74) is 0.841. The summed E-state index contributed by atoms with van der Waals surface area (Å²) in [7, 11) is 1.56. The first-order valence-electron chi connectivity index (χ1n) is 10.6. The van der Waals surface area contributed by atoms with Gasteiger partial charge in [-0.2, -0.15) is 0 Å². The number of likely N-dealkylation sites (N-methyl/N-ethyl adjacent to an activating group) is 1. The number of urea groups is 1. The minimum absolute atomic E-state index is 0.161. The molecule has 6 nitrogen and oxygen atoms in total. The third kappa shape index (κ3) is 4.62. The number of hydrogen-bond donors (Lipinski definition) is 1. The molecule has 0 saturated carbocycles. The summed E-state index contributed by atoms with van der Waals surface area (Å²) in [5, 5.41) is 2.85. The van der Waals surface area contributed by atoms with Crippen LogP contribution in [0.2, 0.25) is 0 Å². The van der Waals surface area contributed by atoms with Crippen LogP contribution in [0.15, 0.2) is 84.9 Å². The number of halogens is 1. The van der Waals surface area contributed by atoms with Gasteiger partial charge in [0.25, 0.3) is 5.91 Å². The largest absolute Gasteiger partial charge is 0.340 e. The van der Waals surface area contributed by atoms with Gasteiger partial charge in [-0.3, -0.25) is 14.5 Å². The highest BCUT2D eigenvalue weighted by Gasteiger charge is 2.52. The van der Waals surface area contributed by atoms with Crippen molar-refractivity contribution in [1.29, 1.82) is 0 Å². The SMILES string of the molecule is CN(Cc1cccc(F)c1)C(=O)CN1C(=O)NC(Cc2ccccc2)(c2ccccc2)C1=O. The van der Waals surface area contributed by atoms with Gasteiger partial charge in [-0.1, -0.05) is 72.8 Å². The highest BCUT2D eigenvalue weighted by molar-refractivity contribution is 6.09. The Kier molecular flexibility index (Phi) is 6.22. The summed E-state index contributed by atoms with van der Waals surface area (Å²) in [5.74, 6) is -1.29. The van der Waals surface area contributed by atoms with Gasteiger partial charge < -0.3 is 10.2 Å². The van der Waals surface area contributed by atoms with Crippen molar-refractivity contribution < 1.29 is 18.8 Å². The van der Waals surface area contributed by atoms with E-state index in [1.165, 1.54) is 17.0 Å². The molecule has 1 aliphatic rings. The van der Waals surface area contributed by atoms with Gasteiger partial charge in [0.1, 0.15) is 12.4 Å². The monoisotopic (exact) mass is 445 g/mol. The fraction of sp³-hybridized carbons (Fsp3) is 0.192. The van der Waals surface area contributed by atoms with Crippen molar-refractivity contribution in [3.8, 4) is 0 Å². The molecular formula is C26H24FN3O3. The lowest BCUT2D eigenvalue weighted by molar-refractivity contribution is -0.138. The number of hydrogen-bond acceptors (Lipinski definition) is 3. The van der Waals surface area contributed by atoms with Crippen molar-refractivity contribution in [2.45, 2.75) is 18.5 Å². The molecule has 1 atom stereocenters. The van der Waals surface area contributed by atoms with Gasteiger partial charge in [0, 0.05) is 20.0 Å². The number of rotatable bonds is 7. The Morgan fingerprint density at radius 1 is 0.939 bits per heavy atom. The van der Waals surface area contributed by atoms with Gasteiger partial charge in [0.2, 0.25) is 5.91 Å². The zero-order valence-corrected chi connectivity index (χ0v) is 18.2. The number of nitrogens with one attached hydrogen (secondary N) is 1. The Morgan fingerprint density at radius 2 is 1.58 bits per heavy atom. The maximum atomic E-state index is 13.6. The summed E-state index contributed by atoms with van der Waals surface area (Å²) in [6.45, 7) is -0.242. The Bertz CT molecular complexity index is 1170. The minimum Gasteiger partial charge on any atom is -0.340 e. The molecule has 4 rings (SSSR count). The molecule has 168 valence electrons. The van der Waals surface area contributed by atoms with Gasteiger partial charge in [-0.15, -0.1) is 0 Å². The normalized spacial score (nSPS) is 17.7. The lowest BCUT2D eigenvalue weighted by Gasteiger charge is -2.28. The second kappa shape index (κ2) is 9.24. The maximum Gasteiger partial charge on any atom is 0.325 e.